The quantitative estimate of drug-likeness (QED) is 0.719. The number of rotatable bonds is 5. The SMILES string of the molecule is CCc1nc(-c2cccc(NC(=O)NC(C)C3=CCCCC3)c2)n[nH]1. The van der Waals surface area contributed by atoms with E-state index in [4.69, 9.17) is 0 Å². The van der Waals surface area contributed by atoms with Crippen LogP contribution in [-0.4, -0.2) is 27.3 Å². The van der Waals surface area contributed by atoms with Gasteiger partial charge in [0.1, 0.15) is 5.82 Å². The lowest BCUT2D eigenvalue weighted by molar-refractivity contribution is 0.250. The first-order chi connectivity index (χ1) is 12.2. The number of nitrogens with one attached hydrogen (secondary N) is 3. The van der Waals surface area contributed by atoms with Gasteiger partial charge in [0, 0.05) is 23.7 Å². The lowest BCUT2D eigenvalue weighted by Gasteiger charge is -2.21. The van der Waals surface area contributed by atoms with Crippen LogP contribution in [0.4, 0.5) is 10.5 Å². The number of aryl methyl sites for hydroxylation is 1. The molecule has 0 spiro atoms. The summed E-state index contributed by atoms with van der Waals surface area (Å²) < 4.78 is 0. The number of H-pyrrole nitrogens is 1. The average Bonchev–Trinajstić information content (AvgIpc) is 3.12. The predicted octanol–water partition coefficient (Wildman–Crippen LogP) is 4.04. The zero-order valence-corrected chi connectivity index (χ0v) is 14.8. The van der Waals surface area contributed by atoms with Gasteiger partial charge in [-0.3, -0.25) is 5.10 Å². The Kier molecular flexibility index (Phi) is 5.48. The van der Waals surface area contributed by atoms with Crippen molar-refractivity contribution in [1.29, 1.82) is 0 Å². The molecule has 6 nitrogen and oxygen atoms in total. The number of hydrogen-bond donors (Lipinski definition) is 3. The largest absolute Gasteiger partial charge is 0.332 e. The number of amides is 2. The summed E-state index contributed by atoms with van der Waals surface area (Å²) in [6.07, 6.45) is 7.70. The maximum absolute atomic E-state index is 12.3. The first-order valence-electron chi connectivity index (χ1n) is 8.94. The number of benzene rings is 1. The smallest absolute Gasteiger partial charge is 0.319 e. The van der Waals surface area contributed by atoms with Crippen molar-refractivity contribution < 1.29 is 4.79 Å². The Morgan fingerprint density at radius 3 is 2.96 bits per heavy atom. The summed E-state index contributed by atoms with van der Waals surface area (Å²) in [6.45, 7) is 4.06. The van der Waals surface area contributed by atoms with Gasteiger partial charge in [0.2, 0.25) is 0 Å². The highest BCUT2D eigenvalue weighted by atomic mass is 16.2. The van der Waals surface area contributed by atoms with Crippen molar-refractivity contribution in [2.24, 2.45) is 0 Å². The first kappa shape index (κ1) is 17.2. The van der Waals surface area contributed by atoms with Gasteiger partial charge in [0.15, 0.2) is 5.82 Å². The molecule has 0 aliphatic heterocycles. The van der Waals surface area contributed by atoms with Crippen LogP contribution < -0.4 is 10.6 Å². The maximum atomic E-state index is 12.3. The zero-order valence-electron chi connectivity index (χ0n) is 14.8. The average molecular weight is 339 g/mol. The van der Waals surface area contributed by atoms with Gasteiger partial charge in [0.25, 0.3) is 0 Å². The van der Waals surface area contributed by atoms with Crippen molar-refractivity contribution in [2.75, 3.05) is 5.32 Å². The summed E-state index contributed by atoms with van der Waals surface area (Å²) in [6, 6.07) is 7.43. The fraction of sp³-hybridized carbons (Fsp3) is 0.421. The van der Waals surface area contributed by atoms with Crippen molar-refractivity contribution >= 4 is 11.7 Å². The number of anilines is 1. The van der Waals surface area contributed by atoms with E-state index in [0.717, 1.165) is 36.3 Å². The first-order valence-corrected chi connectivity index (χ1v) is 8.94. The molecule has 1 aromatic carbocycles. The highest BCUT2D eigenvalue weighted by Crippen LogP contribution is 2.21. The molecule has 1 aliphatic carbocycles. The maximum Gasteiger partial charge on any atom is 0.319 e. The van der Waals surface area contributed by atoms with E-state index in [2.05, 4.69) is 31.9 Å². The Balaban J connectivity index is 1.63. The van der Waals surface area contributed by atoms with E-state index in [1.807, 2.05) is 38.1 Å². The standard InChI is InChI=1S/C19H25N5O/c1-3-17-22-18(24-23-17)15-10-7-11-16(12-15)21-19(25)20-13(2)14-8-5-4-6-9-14/h7-8,10-13H,3-6,9H2,1-2H3,(H2,20,21,25)(H,22,23,24). The molecular formula is C19H25N5O. The molecular weight excluding hydrogens is 314 g/mol. The summed E-state index contributed by atoms with van der Waals surface area (Å²) in [5.74, 6) is 1.49. The summed E-state index contributed by atoms with van der Waals surface area (Å²) in [5.41, 5.74) is 2.92. The lowest BCUT2D eigenvalue weighted by atomic mass is 9.95. The van der Waals surface area contributed by atoms with Gasteiger partial charge in [-0.2, -0.15) is 5.10 Å². The molecule has 0 saturated carbocycles. The van der Waals surface area contributed by atoms with Crippen LogP contribution in [0.5, 0.6) is 0 Å². The van der Waals surface area contributed by atoms with Crippen molar-refractivity contribution in [2.45, 2.75) is 52.0 Å². The van der Waals surface area contributed by atoms with Crippen molar-refractivity contribution in [3.63, 3.8) is 0 Å². The van der Waals surface area contributed by atoms with Gasteiger partial charge < -0.3 is 10.6 Å². The third kappa shape index (κ3) is 4.47. The van der Waals surface area contributed by atoms with Crippen LogP contribution in [0.15, 0.2) is 35.9 Å². The Morgan fingerprint density at radius 1 is 1.36 bits per heavy atom. The number of allylic oxidation sites excluding steroid dienone is 1. The van der Waals surface area contributed by atoms with Gasteiger partial charge in [0.05, 0.1) is 0 Å². The number of nitrogens with zero attached hydrogens (tertiary/aromatic N) is 2. The monoisotopic (exact) mass is 339 g/mol. The molecule has 6 heteroatoms. The minimum atomic E-state index is -0.194. The van der Waals surface area contributed by atoms with Gasteiger partial charge in [-0.05, 0) is 44.7 Å². The molecule has 0 fully saturated rings. The minimum absolute atomic E-state index is 0.0589. The van der Waals surface area contributed by atoms with Crippen molar-refractivity contribution in [3.8, 4) is 11.4 Å². The van der Waals surface area contributed by atoms with E-state index in [0.29, 0.717) is 5.82 Å². The van der Waals surface area contributed by atoms with Gasteiger partial charge in [-0.25, -0.2) is 9.78 Å². The summed E-state index contributed by atoms with van der Waals surface area (Å²) in [4.78, 5) is 16.7. The predicted molar refractivity (Wildman–Crippen MR) is 99.4 cm³/mol. The molecule has 0 bridgehead atoms. The van der Waals surface area contributed by atoms with E-state index in [-0.39, 0.29) is 12.1 Å². The fourth-order valence-electron chi connectivity index (χ4n) is 3.03. The molecule has 3 N–H and O–H groups in total. The summed E-state index contributed by atoms with van der Waals surface area (Å²) >= 11 is 0. The molecule has 1 atom stereocenters. The molecule has 25 heavy (non-hydrogen) atoms. The number of aromatic nitrogens is 3. The molecule has 1 aromatic heterocycles. The third-order valence-corrected chi connectivity index (χ3v) is 4.48. The van der Waals surface area contributed by atoms with Crippen LogP contribution in [0.1, 0.15) is 45.4 Å². The molecule has 1 aliphatic rings. The molecule has 0 radical (unpaired) electrons. The molecule has 2 amide bonds. The highest BCUT2D eigenvalue weighted by Gasteiger charge is 2.14. The molecule has 3 rings (SSSR count). The fourth-order valence-corrected chi connectivity index (χ4v) is 3.03. The Morgan fingerprint density at radius 2 is 2.24 bits per heavy atom. The zero-order chi connectivity index (χ0) is 17.6. The van der Waals surface area contributed by atoms with Crippen molar-refractivity contribution in [3.05, 3.63) is 41.7 Å². The van der Waals surface area contributed by atoms with Crippen LogP contribution in [0, 0.1) is 0 Å². The number of urea groups is 1. The number of aromatic amines is 1. The highest BCUT2D eigenvalue weighted by molar-refractivity contribution is 5.90. The van der Waals surface area contributed by atoms with Gasteiger partial charge in [-0.1, -0.05) is 30.7 Å². The van der Waals surface area contributed by atoms with E-state index < -0.39 is 0 Å². The van der Waals surface area contributed by atoms with Crippen LogP contribution in [0.2, 0.25) is 0 Å². The second kappa shape index (κ2) is 7.96. The van der Waals surface area contributed by atoms with E-state index in [9.17, 15) is 4.79 Å². The second-order valence-corrected chi connectivity index (χ2v) is 6.39. The van der Waals surface area contributed by atoms with Gasteiger partial charge >= 0.3 is 6.03 Å². The molecule has 1 heterocycles. The molecule has 2 aromatic rings. The topological polar surface area (TPSA) is 82.7 Å². The number of hydrogen-bond acceptors (Lipinski definition) is 3. The van der Waals surface area contributed by atoms with Crippen LogP contribution in [0.25, 0.3) is 11.4 Å². The van der Waals surface area contributed by atoms with E-state index in [1.165, 1.54) is 18.4 Å². The Labute approximate surface area is 148 Å². The lowest BCUT2D eigenvalue weighted by Crippen LogP contribution is -2.37. The minimum Gasteiger partial charge on any atom is -0.332 e. The second-order valence-electron chi connectivity index (χ2n) is 6.39. The van der Waals surface area contributed by atoms with Crippen LogP contribution in [0.3, 0.4) is 0 Å². The summed E-state index contributed by atoms with van der Waals surface area (Å²) in [5, 5.41) is 13.0. The number of carbonyl (C=O) groups excluding carboxylic acids is 1. The molecule has 132 valence electrons. The normalized spacial score (nSPS) is 15.4. The number of carbonyl (C=O) groups is 1. The van der Waals surface area contributed by atoms with Gasteiger partial charge in [-0.15, -0.1) is 0 Å². The molecule has 0 saturated heterocycles. The molecule has 1 unspecified atom stereocenters. The third-order valence-electron chi connectivity index (χ3n) is 4.48. The van der Waals surface area contributed by atoms with Crippen LogP contribution >= 0.6 is 0 Å². The summed E-state index contributed by atoms with van der Waals surface area (Å²) in [7, 11) is 0. The van der Waals surface area contributed by atoms with E-state index in [1.54, 1.807) is 0 Å². The Hall–Kier alpha value is -2.63. The Bertz CT molecular complexity index is 765. The van der Waals surface area contributed by atoms with Crippen LogP contribution in [-0.2, 0) is 6.42 Å². The van der Waals surface area contributed by atoms with Crippen molar-refractivity contribution in [1.82, 2.24) is 20.5 Å². The van der Waals surface area contributed by atoms with E-state index >= 15 is 0 Å².